The summed E-state index contributed by atoms with van der Waals surface area (Å²) in [5.74, 6) is -4.73. The van der Waals surface area contributed by atoms with Gasteiger partial charge in [-0.3, -0.25) is 9.78 Å². The van der Waals surface area contributed by atoms with Gasteiger partial charge in [-0.15, -0.1) is 0 Å². The second-order valence-electron chi connectivity index (χ2n) is 4.96. The Bertz CT molecular complexity index is 657. The average molecular weight is 324 g/mol. The second-order valence-corrected chi connectivity index (χ2v) is 4.96. The number of aryl methyl sites for hydroxylation is 1. The summed E-state index contributed by atoms with van der Waals surface area (Å²) in [4.78, 5) is 15.8. The van der Waals surface area contributed by atoms with E-state index in [2.05, 4.69) is 10.3 Å². The summed E-state index contributed by atoms with van der Waals surface area (Å²) in [7, 11) is 0. The van der Waals surface area contributed by atoms with Crippen molar-refractivity contribution in [2.45, 2.75) is 18.9 Å². The maximum absolute atomic E-state index is 13.2. The molecule has 1 amide bonds. The van der Waals surface area contributed by atoms with Crippen molar-refractivity contribution < 1.29 is 23.1 Å². The summed E-state index contributed by atoms with van der Waals surface area (Å²) < 4.78 is 39.4. The van der Waals surface area contributed by atoms with Gasteiger partial charge in [-0.2, -0.15) is 0 Å². The number of nitrogens with one attached hydrogen (secondary N) is 1. The predicted molar refractivity (Wildman–Crippen MR) is 76.8 cm³/mol. The van der Waals surface area contributed by atoms with Gasteiger partial charge >= 0.3 is 0 Å². The van der Waals surface area contributed by atoms with Crippen LogP contribution >= 0.6 is 0 Å². The molecule has 1 heterocycles. The summed E-state index contributed by atoms with van der Waals surface area (Å²) in [6.07, 6.45) is 3.80. The molecule has 4 nitrogen and oxygen atoms in total. The number of hydrogen-bond acceptors (Lipinski definition) is 3. The second kappa shape index (κ2) is 7.73. The third-order valence-electron chi connectivity index (χ3n) is 3.32. The number of nitrogens with zero attached hydrogens (tertiary/aromatic N) is 1. The lowest BCUT2D eigenvalue weighted by molar-refractivity contribution is -0.122. The molecule has 0 radical (unpaired) electrons. The van der Waals surface area contributed by atoms with E-state index in [-0.39, 0.29) is 12.0 Å². The Morgan fingerprint density at radius 1 is 1.17 bits per heavy atom. The number of aliphatic hydroxyl groups is 1. The van der Waals surface area contributed by atoms with Crippen molar-refractivity contribution in [2.24, 2.45) is 0 Å². The van der Waals surface area contributed by atoms with Crippen molar-refractivity contribution in [1.82, 2.24) is 10.3 Å². The fraction of sp³-hybridized carbons (Fsp3) is 0.250. The molecule has 2 aromatic rings. The number of amides is 1. The zero-order chi connectivity index (χ0) is 16.8. The van der Waals surface area contributed by atoms with Gasteiger partial charge in [-0.05, 0) is 41.8 Å². The topological polar surface area (TPSA) is 62.2 Å². The Morgan fingerprint density at radius 2 is 1.78 bits per heavy atom. The van der Waals surface area contributed by atoms with E-state index < -0.39 is 36.0 Å². The molecule has 0 saturated carbocycles. The maximum Gasteiger partial charge on any atom is 0.220 e. The molecule has 1 aromatic carbocycles. The van der Waals surface area contributed by atoms with Crippen LogP contribution in [0.1, 0.15) is 23.6 Å². The van der Waals surface area contributed by atoms with E-state index in [1.165, 1.54) is 0 Å². The van der Waals surface area contributed by atoms with Gasteiger partial charge < -0.3 is 10.4 Å². The number of carbonyl (C=O) groups is 1. The van der Waals surface area contributed by atoms with Gasteiger partial charge in [0.1, 0.15) is 0 Å². The highest BCUT2D eigenvalue weighted by atomic mass is 19.2. The SMILES string of the molecule is O=C(CCc1ccncc1)NC(CO)c1cc(F)c(F)c(F)c1. The van der Waals surface area contributed by atoms with Crippen LogP contribution in [0.3, 0.4) is 0 Å². The van der Waals surface area contributed by atoms with Gasteiger partial charge in [-0.25, -0.2) is 13.2 Å². The largest absolute Gasteiger partial charge is 0.394 e. The molecule has 122 valence electrons. The van der Waals surface area contributed by atoms with Crippen LogP contribution in [0.2, 0.25) is 0 Å². The van der Waals surface area contributed by atoms with Crippen LogP contribution in [0.25, 0.3) is 0 Å². The van der Waals surface area contributed by atoms with Gasteiger partial charge in [0.2, 0.25) is 5.91 Å². The number of hydrogen-bond donors (Lipinski definition) is 2. The van der Waals surface area contributed by atoms with Crippen molar-refractivity contribution >= 4 is 5.91 Å². The Labute approximate surface area is 131 Å². The first-order valence-electron chi connectivity index (χ1n) is 6.95. The quantitative estimate of drug-likeness (QED) is 0.802. The minimum atomic E-state index is -1.59. The van der Waals surface area contributed by atoms with Crippen molar-refractivity contribution in [3.8, 4) is 0 Å². The molecule has 1 atom stereocenters. The molecule has 23 heavy (non-hydrogen) atoms. The highest BCUT2D eigenvalue weighted by molar-refractivity contribution is 5.76. The van der Waals surface area contributed by atoms with E-state index in [9.17, 15) is 23.1 Å². The minimum absolute atomic E-state index is 0.0406. The van der Waals surface area contributed by atoms with E-state index in [1.807, 2.05) is 0 Å². The van der Waals surface area contributed by atoms with Gasteiger partial charge in [0.15, 0.2) is 17.5 Å². The number of benzene rings is 1. The Morgan fingerprint density at radius 3 is 2.35 bits per heavy atom. The van der Waals surface area contributed by atoms with Crippen LogP contribution in [0.15, 0.2) is 36.7 Å². The van der Waals surface area contributed by atoms with Gasteiger partial charge in [0.25, 0.3) is 0 Å². The number of carbonyl (C=O) groups excluding carboxylic acids is 1. The third kappa shape index (κ3) is 4.53. The number of halogens is 3. The van der Waals surface area contributed by atoms with Gasteiger partial charge in [0.05, 0.1) is 12.6 Å². The van der Waals surface area contributed by atoms with E-state index in [1.54, 1.807) is 24.5 Å². The predicted octanol–water partition coefficient (Wildman–Crippen LogP) is 2.28. The van der Waals surface area contributed by atoms with E-state index in [4.69, 9.17) is 0 Å². The van der Waals surface area contributed by atoms with Crippen molar-refractivity contribution in [3.63, 3.8) is 0 Å². The fourth-order valence-electron chi connectivity index (χ4n) is 2.08. The van der Waals surface area contributed by atoms with Crippen LogP contribution in [0.5, 0.6) is 0 Å². The van der Waals surface area contributed by atoms with Gasteiger partial charge in [-0.1, -0.05) is 0 Å². The molecule has 1 unspecified atom stereocenters. The molecular formula is C16H15F3N2O2. The summed E-state index contributed by atoms with van der Waals surface area (Å²) >= 11 is 0. The molecule has 0 aliphatic rings. The molecule has 2 N–H and O–H groups in total. The first kappa shape index (κ1) is 17.0. The molecule has 1 aromatic heterocycles. The molecule has 0 fully saturated rings. The number of pyridine rings is 1. The summed E-state index contributed by atoms with van der Waals surface area (Å²) in [5.41, 5.74) is 0.871. The normalized spacial score (nSPS) is 12.0. The molecule has 0 aliphatic heterocycles. The van der Waals surface area contributed by atoms with Crippen molar-refractivity contribution in [1.29, 1.82) is 0 Å². The highest BCUT2D eigenvalue weighted by Gasteiger charge is 2.18. The summed E-state index contributed by atoms with van der Waals surface area (Å²) in [5, 5.41) is 11.8. The lowest BCUT2D eigenvalue weighted by atomic mass is 10.1. The van der Waals surface area contributed by atoms with E-state index in [0.717, 1.165) is 17.7 Å². The molecule has 7 heteroatoms. The number of aromatic nitrogens is 1. The fourth-order valence-corrected chi connectivity index (χ4v) is 2.08. The smallest absolute Gasteiger partial charge is 0.220 e. The van der Waals surface area contributed by atoms with Crippen LogP contribution in [-0.2, 0) is 11.2 Å². The Kier molecular flexibility index (Phi) is 5.70. The van der Waals surface area contributed by atoms with Crippen molar-refractivity contribution in [3.05, 3.63) is 65.2 Å². The molecular weight excluding hydrogens is 309 g/mol. The standard InChI is InChI=1S/C16H15F3N2O2/c17-12-7-11(8-13(18)16(12)19)14(9-22)21-15(23)2-1-10-3-5-20-6-4-10/h3-8,14,22H,1-2,9H2,(H,21,23). The zero-order valence-electron chi connectivity index (χ0n) is 12.1. The third-order valence-corrected chi connectivity index (χ3v) is 3.32. The first-order valence-corrected chi connectivity index (χ1v) is 6.95. The molecule has 0 aliphatic carbocycles. The van der Waals surface area contributed by atoms with Crippen LogP contribution in [0, 0.1) is 17.5 Å². The zero-order valence-corrected chi connectivity index (χ0v) is 12.1. The summed E-state index contributed by atoms with van der Waals surface area (Å²) in [6.45, 7) is -0.564. The molecule has 0 saturated heterocycles. The lowest BCUT2D eigenvalue weighted by Crippen LogP contribution is -2.31. The van der Waals surface area contributed by atoms with Crippen LogP contribution < -0.4 is 5.32 Å². The first-order chi connectivity index (χ1) is 11.0. The Hall–Kier alpha value is -2.41. The van der Waals surface area contributed by atoms with Crippen LogP contribution in [-0.4, -0.2) is 22.6 Å². The van der Waals surface area contributed by atoms with Gasteiger partial charge in [0, 0.05) is 18.8 Å². The van der Waals surface area contributed by atoms with E-state index >= 15 is 0 Å². The highest BCUT2D eigenvalue weighted by Crippen LogP contribution is 2.19. The molecule has 0 bridgehead atoms. The van der Waals surface area contributed by atoms with Crippen molar-refractivity contribution in [2.75, 3.05) is 6.61 Å². The van der Waals surface area contributed by atoms with E-state index in [0.29, 0.717) is 6.42 Å². The lowest BCUT2D eigenvalue weighted by Gasteiger charge is -2.17. The monoisotopic (exact) mass is 324 g/mol. The maximum atomic E-state index is 13.2. The average Bonchev–Trinajstić information content (AvgIpc) is 2.56. The Balaban J connectivity index is 2.00. The number of rotatable bonds is 6. The number of aliphatic hydroxyl groups excluding tert-OH is 1. The summed E-state index contributed by atoms with van der Waals surface area (Å²) in [6, 6.07) is 4.03. The minimum Gasteiger partial charge on any atom is -0.394 e. The van der Waals surface area contributed by atoms with Crippen LogP contribution in [0.4, 0.5) is 13.2 Å². The molecule has 2 rings (SSSR count). The molecule has 0 spiro atoms.